The van der Waals surface area contributed by atoms with Gasteiger partial charge in [0.15, 0.2) is 0 Å². The van der Waals surface area contributed by atoms with Gasteiger partial charge < -0.3 is 10.4 Å². The minimum Gasteiger partial charge on any atom is -0.396 e. The number of rotatable bonds is 3. The minimum atomic E-state index is -0.351. The van der Waals surface area contributed by atoms with E-state index < -0.39 is 0 Å². The molecule has 0 rings (SSSR count). The molecule has 0 spiro atoms. The highest BCUT2D eigenvalue weighted by atomic mass is 16.3. The van der Waals surface area contributed by atoms with E-state index in [0.29, 0.717) is 13.0 Å². The fraction of sp³-hybridized carbons (Fsp3) is 0.667. The van der Waals surface area contributed by atoms with Gasteiger partial charge >= 0.3 is 6.03 Å². The van der Waals surface area contributed by atoms with Crippen LogP contribution in [0.5, 0.6) is 0 Å². The number of hydrogen-bond donors (Lipinski definition) is 2. The van der Waals surface area contributed by atoms with Crippen LogP contribution in [0.2, 0.25) is 0 Å². The lowest BCUT2D eigenvalue weighted by molar-refractivity contribution is 0.246. The van der Waals surface area contributed by atoms with Crippen molar-refractivity contribution < 1.29 is 9.90 Å². The molecule has 4 heteroatoms. The third kappa shape index (κ3) is 5.24. The van der Waals surface area contributed by atoms with Gasteiger partial charge in [0, 0.05) is 19.4 Å². The maximum Gasteiger partial charge on any atom is 0.340 e. The topological polar surface area (TPSA) is 61.7 Å². The van der Waals surface area contributed by atoms with Crippen molar-refractivity contribution in [2.75, 3.05) is 13.2 Å². The van der Waals surface area contributed by atoms with Gasteiger partial charge in [0.2, 0.25) is 0 Å². The molecular weight excluding hydrogens is 132 g/mol. The van der Waals surface area contributed by atoms with Gasteiger partial charge in [-0.3, -0.25) is 0 Å². The number of aliphatic hydroxyl groups is 1. The van der Waals surface area contributed by atoms with Gasteiger partial charge in [-0.25, -0.2) is 9.79 Å². The summed E-state index contributed by atoms with van der Waals surface area (Å²) >= 11 is 0. The van der Waals surface area contributed by atoms with E-state index in [2.05, 4.69) is 10.3 Å². The molecule has 0 bridgehead atoms. The molecule has 4 nitrogen and oxygen atoms in total. The minimum absolute atomic E-state index is 0.0934. The molecule has 0 aliphatic rings. The molecule has 0 saturated heterocycles. The number of hydrogen-bond acceptors (Lipinski definition) is 2. The highest BCUT2D eigenvalue weighted by molar-refractivity contribution is 5.82. The standard InChI is InChI=1S/C6H12N2O2/c1-2-7-6(10)8-4-3-5-9/h2,9H,3-5H2,1H3,(H,8,10). The molecule has 10 heavy (non-hydrogen) atoms. The van der Waals surface area contributed by atoms with Crippen LogP contribution >= 0.6 is 0 Å². The van der Waals surface area contributed by atoms with E-state index in [4.69, 9.17) is 5.11 Å². The van der Waals surface area contributed by atoms with Crippen molar-refractivity contribution in [1.82, 2.24) is 5.32 Å². The number of carbonyl (C=O) groups is 1. The molecule has 2 N–H and O–H groups in total. The van der Waals surface area contributed by atoms with E-state index in [9.17, 15) is 4.79 Å². The SMILES string of the molecule is CC=NC(=O)NCCCO. The second-order valence-corrected chi connectivity index (χ2v) is 1.70. The summed E-state index contributed by atoms with van der Waals surface area (Å²) < 4.78 is 0. The average molecular weight is 144 g/mol. The fourth-order valence-electron chi connectivity index (χ4n) is 0.437. The zero-order valence-electron chi connectivity index (χ0n) is 6.00. The van der Waals surface area contributed by atoms with Crippen molar-refractivity contribution in [3.8, 4) is 0 Å². The van der Waals surface area contributed by atoms with Gasteiger partial charge in [-0.2, -0.15) is 0 Å². The molecule has 0 fully saturated rings. The third-order valence-corrected chi connectivity index (χ3v) is 0.857. The van der Waals surface area contributed by atoms with E-state index in [0.717, 1.165) is 0 Å². The van der Waals surface area contributed by atoms with Crippen LogP contribution < -0.4 is 5.32 Å². The lowest BCUT2D eigenvalue weighted by Crippen LogP contribution is -2.21. The maximum absolute atomic E-state index is 10.5. The number of carbonyl (C=O) groups excluding carboxylic acids is 1. The Labute approximate surface area is 60.0 Å². The fourth-order valence-corrected chi connectivity index (χ4v) is 0.437. The molecule has 0 unspecified atom stereocenters. The van der Waals surface area contributed by atoms with E-state index in [-0.39, 0.29) is 12.6 Å². The van der Waals surface area contributed by atoms with Gasteiger partial charge in [0.25, 0.3) is 0 Å². The van der Waals surface area contributed by atoms with E-state index >= 15 is 0 Å². The first-order valence-corrected chi connectivity index (χ1v) is 3.18. The Hall–Kier alpha value is -0.900. The summed E-state index contributed by atoms with van der Waals surface area (Å²) in [6.45, 7) is 2.24. The van der Waals surface area contributed by atoms with Crippen molar-refractivity contribution in [2.24, 2.45) is 4.99 Å². The summed E-state index contributed by atoms with van der Waals surface area (Å²) in [5, 5.41) is 10.8. The summed E-state index contributed by atoms with van der Waals surface area (Å²) in [6.07, 6.45) is 2.00. The normalized spacial score (nSPS) is 10.2. The Morgan fingerprint density at radius 1 is 1.80 bits per heavy atom. The summed E-state index contributed by atoms with van der Waals surface area (Å²) in [5.74, 6) is 0. The second-order valence-electron chi connectivity index (χ2n) is 1.70. The zero-order valence-corrected chi connectivity index (χ0v) is 6.00. The Morgan fingerprint density at radius 2 is 2.50 bits per heavy atom. The molecule has 0 atom stereocenters. The van der Waals surface area contributed by atoms with Crippen molar-refractivity contribution >= 4 is 12.2 Å². The molecule has 2 amide bonds. The lowest BCUT2D eigenvalue weighted by Gasteiger charge is -1.96. The first-order valence-electron chi connectivity index (χ1n) is 3.18. The van der Waals surface area contributed by atoms with Crippen molar-refractivity contribution in [3.63, 3.8) is 0 Å². The number of aliphatic hydroxyl groups excluding tert-OH is 1. The quantitative estimate of drug-likeness (QED) is 0.438. The number of nitrogens with one attached hydrogen (secondary N) is 1. The molecule has 0 aliphatic heterocycles. The summed E-state index contributed by atoms with van der Waals surface area (Å²) in [7, 11) is 0. The van der Waals surface area contributed by atoms with Gasteiger partial charge in [0.1, 0.15) is 0 Å². The van der Waals surface area contributed by atoms with Crippen molar-refractivity contribution in [1.29, 1.82) is 0 Å². The molecule has 0 aromatic heterocycles. The maximum atomic E-state index is 10.5. The highest BCUT2D eigenvalue weighted by Crippen LogP contribution is 1.75. The molecule has 58 valence electrons. The zero-order chi connectivity index (χ0) is 7.82. The second kappa shape index (κ2) is 6.22. The van der Waals surface area contributed by atoms with Gasteiger partial charge in [-0.1, -0.05) is 0 Å². The molecular formula is C6H12N2O2. The highest BCUT2D eigenvalue weighted by Gasteiger charge is 1.91. The third-order valence-electron chi connectivity index (χ3n) is 0.857. The van der Waals surface area contributed by atoms with Crippen LogP contribution in [0.3, 0.4) is 0 Å². The Kier molecular flexibility index (Phi) is 5.66. The molecule has 0 aliphatic carbocycles. The van der Waals surface area contributed by atoms with Crippen LogP contribution in [0, 0.1) is 0 Å². The van der Waals surface area contributed by atoms with Crippen molar-refractivity contribution in [3.05, 3.63) is 0 Å². The monoisotopic (exact) mass is 144 g/mol. The van der Waals surface area contributed by atoms with Gasteiger partial charge in [-0.15, -0.1) is 0 Å². The summed E-state index contributed by atoms with van der Waals surface area (Å²) in [6, 6.07) is -0.351. The molecule has 0 aromatic carbocycles. The van der Waals surface area contributed by atoms with E-state index in [1.54, 1.807) is 6.92 Å². The first kappa shape index (κ1) is 9.10. The predicted octanol–water partition coefficient (Wildman–Crippen LogP) is 0.169. The Balaban J connectivity index is 3.22. The lowest BCUT2D eigenvalue weighted by atomic mass is 10.4. The summed E-state index contributed by atoms with van der Waals surface area (Å²) in [4.78, 5) is 14.0. The van der Waals surface area contributed by atoms with Crippen LogP contribution in [0.4, 0.5) is 4.79 Å². The molecule has 0 saturated carbocycles. The molecule has 0 aromatic rings. The predicted molar refractivity (Wildman–Crippen MR) is 39.3 cm³/mol. The Bertz CT molecular complexity index is 123. The smallest absolute Gasteiger partial charge is 0.340 e. The van der Waals surface area contributed by atoms with Crippen LogP contribution in [0.15, 0.2) is 4.99 Å². The van der Waals surface area contributed by atoms with Crippen LogP contribution in [0.1, 0.15) is 13.3 Å². The van der Waals surface area contributed by atoms with E-state index in [1.165, 1.54) is 6.21 Å². The number of urea groups is 1. The molecule has 0 radical (unpaired) electrons. The Morgan fingerprint density at radius 3 is 3.00 bits per heavy atom. The van der Waals surface area contributed by atoms with E-state index in [1.807, 2.05) is 0 Å². The van der Waals surface area contributed by atoms with Crippen LogP contribution in [-0.4, -0.2) is 30.5 Å². The van der Waals surface area contributed by atoms with Gasteiger partial charge in [0.05, 0.1) is 0 Å². The summed E-state index contributed by atoms with van der Waals surface area (Å²) in [5.41, 5.74) is 0. The van der Waals surface area contributed by atoms with Crippen molar-refractivity contribution in [2.45, 2.75) is 13.3 Å². The van der Waals surface area contributed by atoms with Gasteiger partial charge in [-0.05, 0) is 13.3 Å². The van der Waals surface area contributed by atoms with Crippen LogP contribution in [0.25, 0.3) is 0 Å². The molecule has 0 heterocycles. The number of aliphatic imine (C=N–C) groups is 1. The van der Waals surface area contributed by atoms with Crippen LogP contribution in [-0.2, 0) is 0 Å². The average Bonchev–Trinajstić information content (AvgIpc) is 1.89. The largest absolute Gasteiger partial charge is 0.396 e. The number of amides is 2. The first-order chi connectivity index (χ1) is 4.81. The number of nitrogens with zero attached hydrogens (tertiary/aromatic N) is 1.